The van der Waals surface area contributed by atoms with E-state index in [1.807, 2.05) is 66.7 Å². The molecule has 0 unspecified atom stereocenters. The van der Waals surface area contributed by atoms with Crippen LogP contribution in [0.5, 0.6) is 5.75 Å². The van der Waals surface area contributed by atoms with Crippen LogP contribution in [0.1, 0.15) is 53.2 Å². The quantitative estimate of drug-likeness (QED) is 0.0892. The standard InChI is InChI=1S/C22H27N3O3.C21H24N2O2/c1-23-21(26)13-16-25-14-11-18(12-15-25)28-22(27)24-20-10-6-5-9-19(20)17-7-3-2-4-8-17;1-13-4-6-16(10-14(13)2)11-22-12-20(25)17-8-9-19(24)21-18(17)7-5-15(3)23-21/h2-10,18H,11-16H2,1H3,(H,23,26)(H,24,27);4-10,20,22-25H,3,11-12H2,1-2H3/t;20-/m.0/s1. The summed E-state index contributed by atoms with van der Waals surface area (Å²) in [4.78, 5) is 26.0. The minimum Gasteiger partial charge on any atom is -0.506 e. The molecule has 6 N–H and O–H groups in total. The van der Waals surface area contributed by atoms with Gasteiger partial charge in [0.1, 0.15) is 11.9 Å². The van der Waals surface area contributed by atoms with Gasteiger partial charge in [-0.25, -0.2) is 4.79 Å². The highest BCUT2D eigenvalue weighted by Crippen LogP contribution is 2.37. The van der Waals surface area contributed by atoms with E-state index in [2.05, 4.69) is 64.8 Å². The first kappa shape index (κ1) is 38.8. The summed E-state index contributed by atoms with van der Waals surface area (Å²) < 4.78 is 5.63. The minimum absolute atomic E-state index is 0.0508. The van der Waals surface area contributed by atoms with Gasteiger partial charge >= 0.3 is 6.09 Å². The highest BCUT2D eigenvalue weighted by atomic mass is 16.6. The average molecular weight is 718 g/mol. The molecule has 2 heterocycles. The molecule has 1 saturated heterocycles. The van der Waals surface area contributed by atoms with E-state index in [9.17, 15) is 19.8 Å². The van der Waals surface area contributed by atoms with Gasteiger partial charge in [0, 0.05) is 63.0 Å². The number of anilines is 2. The van der Waals surface area contributed by atoms with Gasteiger partial charge < -0.3 is 35.8 Å². The number of allylic oxidation sites excluding steroid dienone is 1. The van der Waals surface area contributed by atoms with Gasteiger partial charge in [-0.1, -0.05) is 85.5 Å². The fourth-order valence-corrected chi connectivity index (χ4v) is 6.38. The number of nitrogens with one attached hydrogen (secondary N) is 4. The lowest BCUT2D eigenvalue weighted by Crippen LogP contribution is -2.40. The summed E-state index contributed by atoms with van der Waals surface area (Å²) in [5.41, 5.74) is 9.36. The van der Waals surface area contributed by atoms with Crippen molar-refractivity contribution in [1.29, 1.82) is 0 Å². The third-order valence-corrected chi connectivity index (χ3v) is 9.58. The van der Waals surface area contributed by atoms with Crippen LogP contribution in [0.15, 0.2) is 103 Å². The van der Waals surface area contributed by atoms with Gasteiger partial charge in [-0.3, -0.25) is 10.1 Å². The van der Waals surface area contributed by atoms with E-state index in [0.717, 1.165) is 60.4 Å². The van der Waals surface area contributed by atoms with Crippen LogP contribution in [-0.2, 0) is 16.1 Å². The maximum atomic E-state index is 12.4. The van der Waals surface area contributed by atoms with Crippen molar-refractivity contribution >= 4 is 29.5 Å². The summed E-state index contributed by atoms with van der Waals surface area (Å²) in [6.07, 6.45) is 4.57. The number of carbonyl (C=O) groups is 2. The Kier molecular flexibility index (Phi) is 13.8. The van der Waals surface area contributed by atoms with Crippen LogP contribution in [0.4, 0.5) is 16.2 Å². The number of para-hydroxylation sites is 1. The van der Waals surface area contributed by atoms with Crippen molar-refractivity contribution in [3.05, 3.63) is 131 Å². The predicted molar refractivity (Wildman–Crippen MR) is 213 cm³/mol. The fraction of sp³-hybridized carbons (Fsp3) is 0.302. The second-order valence-electron chi connectivity index (χ2n) is 13.4. The van der Waals surface area contributed by atoms with E-state index in [-0.39, 0.29) is 17.8 Å². The molecular weight excluding hydrogens is 667 g/mol. The number of ether oxygens (including phenoxy) is 1. The Morgan fingerprint density at radius 1 is 0.962 bits per heavy atom. The number of aryl methyl sites for hydroxylation is 2. The highest BCUT2D eigenvalue weighted by molar-refractivity contribution is 5.91. The summed E-state index contributed by atoms with van der Waals surface area (Å²) in [7, 11) is 1.65. The molecule has 0 aliphatic carbocycles. The number of hydrogen-bond acceptors (Lipinski definition) is 8. The SMILES string of the molecule is C=C1C=Cc2c([C@@H](O)CNCc3ccc(C)c(C)c3)ccc(O)c2N1.CNC(=O)CCN1CCC(OC(=O)Nc2ccccc2-c2ccccc2)CC1. The van der Waals surface area contributed by atoms with E-state index < -0.39 is 12.2 Å². The summed E-state index contributed by atoms with van der Waals surface area (Å²) in [6, 6.07) is 27.4. The monoisotopic (exact) mass is 717 g/mol. The topological polar surface area (TPSA) is 135 Å². The Bertz CT molecular complexity index is 1900. The first-order chi connectivity index (χ1) is 25.6. The first-order valence-corrected chi connectivity index (χ1v) is 18.1. The number of phenolic OH excluding ortho intramolecular Hbond substituents is 1. The highest BCUT2D eigenvalue weighted by Gasteiger charge is 2.23. The van der Waals surface area contributed by atoms with Crippen molar-refractivity contribution in [2.45, 2.75) is 51.9 Å². The van der Waals surface area contributed by atoms with Crippen molar-refractivity contribution in [3.63, 3.8) is 0 Å². The van der Waals surface area contributed by atoms with Crippen LogP contribution in [0, 0.1) is 13.8 Å². The van der Waals surface area contributed by atoms with E-state index >= 15 is 0 Å². The second-order valence-corrected chi connectivity index (χ2v) is 13.4. The normalized spacial score (nSPS) is 14.6. The summed E-state index contributed by atoms with van der Waals surface area (Å²) >= 11 is 0. The van der Waals surface area contributed by atoms with Crippen molar-refractivity contribution < 1.29 is 24.5 Å². The van der Waals surface area contributed by atoms with Crippen LogP contribution in [0.3, 0.4) is 0 Å². The molecule has 53 heavy (non-hydrogen) atoms. The van der Waals surface area contributed by atoms with E-state index in [0.29, 0.717) is 30.9 Å². The number of nitrogens with zero attached hydrogens (tertiary/aromatic N) is 1. The number of benzene rings is 4. The number of phenols is 1. The lowest BCUT2D eigenvalue weighted by molar-refractivity contribution is -0.121. The Balaban J connectivity index is 0.000000206. The van der Waals surface area contributed by atoms with Gasteiger partial charge in [-0.2, -0.15) is 0 Å². The number of piperidine rings is 1. The maximum Gasteiger partial charge on any atom is 0.411 e. The number of aliphatic hydroxyl groups is 1. The zero-order chi connectivity index (χ0) is 37.7. The zero-order valence-corrected chi connectivity index (χ0v) is 30.8. The molecule has 6 rings (SSSR count). The third-order valence-electron chi connectivity index (χ3n) is 9.58. The molecule has 0 saturated carbocycles. The largest absolute Gasteiger partial charge is 0.506 e. The molecule has 2 amide bonds. The van der Waals surface area contributed by atoms with E-state index in [1.54, 1.807) is 19.2 Å². The Hall–Kier alpha value is -5.42. The maximum absolute atomic E-state index is 12.4. The molecule has 2 aliphatic rings. The van der Waals surface area contributed by atoms with Crippen molar-refractivity contribution in [2.75, 3.05) is 43.9 Å². The molecule has 10 heteroatoms. The minimum atomic E-state index is -0.668. The van der Waals surface area contributed by atoms with E-state index in [4.69, 9.17) is 4.74 Å². The van der Waals surface area contributed by atoms with Crippen LogP contribution in [0.2, 0.25) is 0 Å². The van der Waals surface area contributed by atoms with Crippen molar-refractivity contribution in [1.82, 2.24) is 15.5 Å². The Morgan fingerprint density at radius 2 is 1.70 bits per heavy atom. The number of aliphatic hydroxyl groups excluding tert-OH is 1. The zero-order valence-electron chi connectivity index (χ0n) is 30.8. The number of aromatic hydroxyl groups is 1. The van der Waals surface area contributed by atoms with Gasteiger partial charge in [0.05, 0.1) is 17.5 Å². The number of hydrogen-bond donors (Lipinski definition) is 6. The van der Waals surface area contributed by atoms with Crippen molar-refractivity contribution in [3.8, 4) is 16.9 Å². The summed E-state index contributed by atoms with van der Waals surface area (Å²) in [6.45, 7) is 11.6. The van der Waals surface area contributed by atoms with Crippen LogP contribution < -0.4 is 21.3 Å². The number of carbonyl (C=O) groups excluding carboxylic acids is 2. The number of rotatable bonds is 11. The fourth-order valence-electron chi connectivity index (χ4n) is 6.38. The second kappa shape index (κ2) is 18.9. The van der Waals surface area contributed by atoms with Crippen LogP contribution in [0.25, 0.3) is 17.2 Å². The van der Waals surface area contributed by atoms with Gasteiger partial charge in [0.25, 0.3) is 0 Å². The Labute approximate surface area is 312 Å². The van der Waals surface area contributed by atoms with Crippen LogP contribution in [-0.4, -0.2) is 66.4 Å². The van der Waals surface area contributed by atoms with Gasteiger partial charge in [0.15, 0.2) is 0 Å². The molecule has 10 nitrogen and oxygen atoms in total. The first-order valence-electron chi connectivity index (χ1n) is 18.1. The van der Waals surface area contributed by atoms with Crippen molar-refractivity contribution in [2.24, 2.45) is 0 Å². The molecule has 4 aromatic carbocycles. The molecule has 4 aromatic rings. The smallest absolute Gasteiger partial charge is 0.411 e. The third kappa shape index (κ3) is 11.0. The average Bonchev–Trinajstić information content (AvgIpc) is 3.17. The van der Waals surface area contributed by atoms with Gasteiger partial charge in [0.2, 0.25) is 5.91 Å². The number of likely N-dealkylation sites (tertiary alicyclic amines) is 1. The molecule has 0 radical (unpaired) electrons. The van der Waals surface area contributed by atoms with Gasteiger partial charge in [-0.05, 0) is 72.7 Å². The molecule has 2 aliphatic heterocycles. The molecular formula is C43H51N5O5. The molecule has 0 aromatic heterocycles. The van der Waals surface area contributed by atoms with Crippen LogP contribution >= 0.6 is 0 Å². The predicted octanol–water partition coefficient (Wildman–Crippen LogP) is 7.29. The number of fused-ring (bicyclic) bond motifs is 1. The lowest BCUT2D eigenvalue weighted by atomic mass is 9.97. The summed E-state index contributed by atoms with van der Waals surface area (Å²) in [5.74, 6) is 0.203. The molecule has 1 fully saturated rings. The molecule has 1 atom stereocenters. The number of amides is 2. The van der Waals surface area contributed by atoms with E-state index in [1.165, 1.54) is 16.7 Å². The lowest BCUT2D eigenvalue weighted by Gasteiger charge is -2.31. The summed E-state index contributed by atoms with van der Waals surface area (Å²) in [5, 5.41) is 32.5. The molecule has 0 spiro atoms. The molecule has 0 bridgehead atoms. The van der Waals surface area contributed by atoms with Gasteiger partial charge in [-0.15, -0.1) is 0 Å². The Morgan fingerprint density at radius 3 is 2.43 bits per heavy atom. The molecule has 278 valence electrons.